The number of ether oxygens (including phenoxy) is 3. The summed E-state index contributed by atoms with van der Waals surface area (Å²) in [5.74, 6) is 0.911. The number of benzene rings is 3. The number of rotatable bonds is 10. The van der Waals surface area contributed by atoms with Gasteiger partial charge < -0.3 is 14.2 Å². The number of fused-ring (bicyclic) bond motifs is 1. The molecule has 2 aromatic heterocycles. The maximum atomic E-state index is 14.3. The largest absolute Gasteiger partial charge is 0.497 e. The molecule has 0 saturated carbocycles. The second-order valence-electron chi connectivity index (χ2n) is 10.9. The van der Waals surface area contributed by atoms with Crippen LogP contribution in [0.4, 0.5) is 0 Å². The summed E-state index contributed by atoms with van der Waals surface area (Å²) >= 11 is 1.26. The van der Waals surface area contributed by atoms with Gasteiger partial charge in [-0.25, -0.2) is 14.5 Å². The van der Waals surface area contributed by atoms with E-state index in [-0.39, 0.29) is 12.2 Å². The molecule has 6 rings (SSSR count). The molecular weight excluding hydrogens is 612 g/mol. The monoisotopic (exact) mass is 646 g/mol. The predicted molar refractivity (Wildman–Crippen MR) is 183 cm³/mol. The van der Waals surface area contributed by atoms with E-state index in [2.05, 4.69) is 6.58 Å². The minimum atomic E-state index is -0.753. The van der Waals surface area contributed by atoms with Gasteiger partial charge in [0.15, 0.2) is 4.80 Å². The Hall–Kier alpha value is -5.48. The third-order valence-electron chi connectivity index (χ3n) is 7.80. The van der Waals surface area contributed by atoms with Crippen LogP contribution in [-0.4, -0.2) is 40.6 Å². The maximum absolute atomic E-state index is 14.3. The third-order valence-corrected chi connectivity index (χ3v) is 8.79. The summed E-state index contributed by atoms with van der Waals surface area (Å²) in [5, 5.41) is 4.96. The second kappa shape index (κ2) is 13.5. The molecule has 9 nitrogen and oxygen atoms in total. The number of thiazole rings is 1. The SMILES string of the molecule is C=CCOC(=O)C1=C(C)N=c2s/c(=C\c3cn(-c4ccccc4)nc3-c3ccc(OCC)c(C)c3)c(=O)n2C1c1ccc(OC)cc1. The van der Waals surface area contributed by atoms with Gasteiger partial charge in [0.2, 0.25) is 0 Å². The molecule has 47 heavy (non-hydrogen) atoms. The predicted octanol–water partition coefficient (Wildman–Crippen LogP) is 5.53. The van der Waals surface area contributed by atoms with E-state index in [0.29, 0.717) is 38.7 Å². The molecule has 3 heterocycles. The van der Waals surface area contributed by atoms with Gasteiger partial charge in [-0.15, -0.1) is 0 Å². The molecule has 1 aliphatic heterocycles. The molecule has 1 aliphatic rings. The summed E-state index contributed by atoms with van der Waals surface area (Å²) < 4.78 is 20.4. The van der Waals surface area contributed by atoms with E-state index in [0.717, 1.165) is 33.7 Å². The average molecular weight is 647 g/mol. The zero-order chi connectivity index (χ0) is 33.1. The molecule has 1 unspecified atom stereocenters. The van der Waals surface area contributed by atoms with Crippen molar-refractivity contribution < 1.29 is 19.0 Å². The average Bonchev–Trinajstić information content (AvgIpc) is 3.64. The summed E-state index contributed by atoms with van der Waals surface area (Å²) in [6.45, 7) is 9.97. The fraction of sp³-hybridized carbons (Fsp3) is 0.189. The van der Waals surface area contributed by atoms with E-state index in [1.807, 2.05) is 91.5 Å². The second-order valence-corrected chi connectivity index (χ2v) is 11.9. The van der Waals surface area contributed by atoms with Gasteiger partial charge >= 0.3 is 5.97 Å². The van der Waals surface area contributed by atoms with Gasteiger partial charge in [0, 0.05) is 17.3 Å². The van der Waals surface area contributed by atoms with Gasteiger partial charge in [0.25, 0.3) is 5.56 Å². The van der Waals surface area contributed by atoms with Crippen molar-refractivity contribution in [3.05, 3.63) is 139 Å². The summed E-state index contributed by atoms with van der Waals surface area (Å²) in [6.07, 6.45) is 5.26. The van der Waals surface area contributed by atoms with Crippen molar-refractivity contribution in [3.63, 3.8) is 0 Å². The molecule has 0 aliphatic carbocycles. The van der Waals surface area contributed by atoms with Gasteiger partial charge in [0.05, 0.1) is 41.2 Å². The van der Waals surface area contributed by atoms with E-state index >= 15 is 0 Å². The van der Waals surface area contributed by atoms with Crippen molar-refractivity contribution in [2.45, 2.75) is 26.8 Å². The Bertz CT molecular complexity index is 2180. The minimum absolute atomic E-state index is 0.0363. The topological polar surface area (TPSA) is 96.9 Å². The lowest BCUT2D eigenvalue weighted by Gasteiger charge is -2.24. The van der Waals surface area contributed by atoms with Gasteiger partial charge in [-0.3, -0.25) is 9.36 Å². The molecule has 5 aromatic rings. The number of nitrogens with zero attached hydrogens (tertiary/aromatic N) is 4. The van der Waals surface area contributed by atoms with Crippen molar-refractivity contribution >= 4 is 23.4 Å². The first-order valence-electron chi connectivity index (χ1n) is 15.2. The Kier molecular flexibility index (Phi) is 9.03. The van der Waals surface area contributed by atoms with Crippen molar-refractivity contribution in [1.82, 2.24) is 14.3 Å². The fourth-order valence-corrected chi connectivity index (χ4v) is 6.62. The quantitative estimate of drug-likeness (QED) is 0.146. The Labute approximate surface area is 276 Å². The maximum Gasteiger partial charge on any atom is 0.338 e. The molecule has 0 amide bonds. The smallest absolute Gasteiger partial charge is 0.338 e. The van der Waals surface area contributed by atoms with Crippen LogP contribution in [0.1, 0.15) is 36.6 Å². The van der Waals surface area contributed by atoms with E-state index < -0.39 is 12.0 Å². The lowest BCUT2D eigenvalue weighted by atomic mass is 9.96. The number of aryl methyl sites for hydroxylation is 1. The highest BCUT2D eigenvalue weighted by Gasteiger charge is 2.33. The molecule has 3 aromatic carbocycles. The van der Waals surface area contributed by atoms with Crippen LogP contribution in [-0.2, 0) is 9.53 Å². The number of esters is 1. The first-order valence-corrected chi connectivity index (χ1v) is 16.0. The highest BCUT2D eigenvalue weighted by Crippen LogP contribution is 2.32. The zero-order valence-corrected chi connectivity index (χ0v) is 27.4. The normalized spacial score (nSPS) is 14.4. The van der Waals surface area contributed by atoms with Crippen LogP contribution in [0.5, 0.6) is 11.5 Å². The fourth-order valence-electron chi connectivity index (χ4n) is 5.58. The van der Waals surface area contributed by atoms with E-state index in [4.69, 9.17) is 24.3 Å². The molecule has 1 atom stereocenters. The molecule has 10 heteroatoms. The molecule has 238 valence electrons. The molecule has 0 spiro atoms. The highest BCUT2D eigenvalue weighted by molar-refractivity contribution is 7.07. The van der Waals surface area contributed by atoms with E-state index in [1.165, 1.54) is 17.4 Å². The molecule has 0 bridgehead atoms. The van der Waals surface area contributed by atoms with Gasteiger partial charge in [0.1, 0.15) is 23.8 Å². The Morgan fingerprint density at radius 3 is 2.51 bits per heavy atom. The lowest BCUT2D eigenvalue weighted by molar-refractivity contribution is -0.138. The van der Waals surface area contributed by atoms with E-state index in [9.17, 15) is 9.59 Å². The van der Waals surface area contributed by atoms with Crippen molar-refractivity contribution in [2.24, 2.45) is 4.99 Å². The number of para-hydroxylation sites is 1. The zero-order valence-electron chi connectivity index (χ0n) is 26.6. The summed E-state index contributed by atoms with van der Waals surface area (Å²) in [7, 11) is 1.59. The van der Waals surface area contributed by atoms with Gasteiger partial charge in [-0.05, 0) is 80.4 Å². The first kappa shape index (κ1) is 31.5. The molecule has 0 saturated heterocycles. The number of carbonyl (C=O) groups excluding carboxylic acids is 1. The lowest BCUT2D eigenvalue weighted by Crippen LogP contribution is -2.39. The summed E-state index contributed by atoms with van der Waals surface area (Å²) in [6, 6.07) is 22.3. The number of hydrogen-bond donors (Lipinski definition) is 0. The number of hydrogen-bond acceptors (Lipinski definition) is 8. The van der Waals surface area contributed by atoms with Crippen LogP contribution in [0.2, 0.25) is 0 Å². The van der Waals surface area contributed by atoms with Crippen LogP contribution in [0, 0.1) is 6.92 Å². The Morgan fingerprint density at radius 2 is 1.83 bits per heavy atom. The highest BCUT2D eigenvalue weighted by atomic mass is 32.1. The van der Waals surface area contributed by atoms with Crippen LogP contribution < -0.4 is 24.4 Å². The van der Waals surface area contributed by atoms with Crippen LogP contribution in [0.25, 0.3) is 23.0 Å². The summed E-state index contributed by atoms with van der Waals surface area (Å²) in [5.41, 5.74) is 5.43. The van der Waals surface area contributed by atoms with Crippen molar-refractivity contribution in [3.8, 4) is 28.4 Å². The number of carbonyl (C=O) groups is 1. The van der Waals surface area contributed by atoms with Crippen LogP contribution >= 0.6 is 11.3 Å². The van der Waals surface area contributed by atoms with Gasteiger partial charge in [-0.2, -0.15) is 5.10 Å². The molecular formula is C37H34N4O5S. The molecule has 0 radical (unpaired) electrons. The van der Waals surface area contributed by atoms with Crippen LogP contribution in [0.15, 0.2) is 113 Å². The number of allylic oxidation sites excluding steroid dienone is 1. The van der Waals surface area contributed by atoms with Crippen molar-refractivity contribution in [2.75, 3.05) is 20.3 Å². The Balaban J connectivity index is 1.54. The standard InChI is InChI=1S/C37H34N4O5S/c1-6-19-46-36(43)32-24(4)38-37-41(34(32)25-13-16-29(44-5)17-14-25)35(42)31(47-37)21-27-22-40(28-11-9-8-10-12-28)39-33(27)26-15-18-30(45-7-2)23(3)20-26/h6,8-18,20-22,34H,1,7,19H2,2-5H3/b31-21-. The summed E-state index contributed by atoms with van der Waals surface area (Å²) in [4.78, 5) is 32.9. The minimum Gasteiger partial charge on any atom is -0.497 e. The third kappa shape index (κ3) is 6.19. The van der Waals surface area contributed by atoms with Crippen LogP contribution in [0.3, 0.4) is 0 Å². The van der Waals surface area contributed by atoms with Gasteiger partial charge in [-0.1, -0.05) is 54.3 Å². The van der Waals surface area contributed by atoms with Crippen molar-refractivity contribution in [1.29, 1.82) is 0 Å². The van der Waals surface area contributed by atoms with E-state index in [1.54, 1.807) is 30.7 Å². The first-order chi connectivity index (χ1) is 22.8. The number of aromatic nitrogens is 3. The molecule has 0 fully saturated rings. The Morgan fingerprint density at radius 1 is 1.06 bits per heavy atom. The number of methoxy groups -OCH3 is 1. The molecule has 0 N–H and O–H groups in total.